The van der Waals surface area contributed by atoms with Crippen molar-refractivity contribution in [2.24, 2.45) is 0 Å². The number of carbonyl (C=O) groups is 1. The van der Waals surface area contributed by atoms with Crippen LogP contribution >= 0.6 is 0 Å². The van der Waals surface area contributed by atoms with Crippen molar-refractivity contribution in [1.29, 1.82) is 0 Å². The number of amides is 1. The molecule has 1 amide bonds. The first-order chi connectivity index (χ1) is 11.5. The third-order valence-electron chi connectivity index (χ3n) is 4.73. The van der Waals surface area contributed by atoms with Gasteiger partial charge in [-0.25, -0.2) is 14.8 Å². The number of nitrogens with one attached hydrogen (secondary N) is 1. The normalized spacial score (nSPS) is 18.4. The van der Waals surface area contributed by atoms with Gasteiger partial charge in [-0.2, -0.15) is 0 Å². The number of aromatic nitrogens is 2. The minimum absolute atomic E-state index is 0.0659. The Morgan fingerprint density at radius 3 is 2.62 bits per heavy atom. The lowest BCUT2D eigenvalue weighted by Gasteiger charge is -2.33. The highest BCUT2D eigenvalue weighted by atomic mass is 16.6. The quantitative estimate of drug-likeness (QED) is 0.921. The third-order valence-corrected chi connectivity index (χ3v) is 4.73. The number of fused-ring (bicyclic) bond motifs is 1. The molecular formula is C18H28N4O2. The summed E-state index contributed by atoms with van der Waals surface area (Å²) in [4.78, 5) is 23.0. The van der Waals surface area contributed by atoms with Crippen LogP contribution in [0.1, 0.15) is 56.6 Å². The predicted octanol–water partition coefficient (Wildman–Crippen LogP) is 3.09. The van der Waals surface area contributed by atoms with Gasteiger partial charge in [0.2, 0.25) is 0 Å². The van der Waals surface area contributed by atoms with E-state index in [0.717, 1.165) is 50.4 Å². The second-order valence-corrected chi connectivity index (χ2v) is 7.09. The molecule has 6 heteroatoms. The zero-order chi connectivity index (χ0) is 17.1. The van der Waals surface area contributed by atoms with Gasteiger partial charge in [0.1, 0.15) is 11.6 Å². The molecule has 0 saturated carbocycles. The first-order valence-corrected chi connectivity index (χ1v) is 9.11. The molecule has 0 bridgehead atoms. The summed E-state index contributed by atoms with van der Waals surface area (Å²) in [7, 11) is 0. The van der Waals surface area contributed by atoms with Crippen molar-refractivity contribution in [3.63, 3.8) is 0 Å². The molecule has 3 rings (SSSR count). The average Bonchev–Trinajstić information content (AvgIpc) is 2.54. The van der Waals surface area contributed by atoms with Crippen molar-refractivity contribution >= 4 is 11.9 Å². The van der Waals surface area contributed by atoms with Crippen LogP contribution in [0.3, 0.4) is 0 Å². The SMILES string of the molecule is Cc1nc2c(c(NC3CCN(C(=O)OC(C)C)CC3)n1)CCCC2. The van der Waals surface area contributed by atoms with Gasteiger partial charge in [-0.1, -0.05) is 0 Å². The Morgan fingerprint density at radius 1 is 1.21 bits per heavy atom. The van der Waals surface area contributed by atoms with Crippen LogP contribution in [0.25, 0.3) is 0 Å². The van der Waals surface area contributed by atoms with E-state index in [-0.39, 0.29) is 12.2 Å². The molecule has 24 heavy (non-hydrogen) atoms. The van der Waals surface area contributed by atoms with Crippen molar-refractivity contribution in [3.8, 4) is 0 Å². The summed E-state index contributed by atoms with van der Waals surface area (Å²) < 4.78 is 5.28. The Labute approximate surface area is 144 Å². The highest BCUT2D eigenvalue weighted by molar-refractivity contribution is 5.68. The van der Waals surface area contributed by atoms with Crippen LogP contribution in [0.15, 0.2) is 0 Å². The topological polar surface area (TPSA) is 67.4 Å². The Hall–Kier alpha value is -1.85. The molecule has 1 aliphatic carbocycles. The van der Waals surface area contributed by atoms with Crippen LogP contribution in [-0.4, -0.2) is 46.2 Å². The molecule has 0 atom stereocenters. The zero-order valence-corrected chi connectivity index (χ0v) is 15.0. The van der Waals surface area contributed by atoms with Gasteiger partial charge >= 0.3 is 6.09 Å². The van der Waals surface area contributed by atoms with Crippen LogP contribution < -0.4 is 5.32 Å². The van der Waals surface area contributed by atoms with Crippen LogP contribution in [0.5, 0.6) is 0 Å². The van der Waals surface area contributed by atoms with E-state index in [0.29, 0.717) is 6.04 Å². The van der Waals surface area contributed by atoms with E-state index in [4.69, 9.17) is 4.74 Å². The average molecular weight is 332 g/mol. The number of anilines is 1. The predicted molar refractivity (Wildman–Crippen MR) is 93.2 cm³/mol. The standard InChI is InChI=1S/C18H28N4O2/c1-12(2)24-18(23)22-10-8-14(9-11-22)21-17-15-6-4-5-7-16(15)19-13(3)20-17/h12,14H,4-11H2,1-3H3,(H,19,20,21). The smallest absolute Gasteiger partial charge is 0.410 e. The Morgan fingerprint density at radius 2 is 1.92 bits per heavy atom. The number of hydrogen-bond acceptors (Lipinski definition) is 5. The molecule has 2 heterocycles. The molecule has 1 aliphatic heterocycles. The highest BCUT2D eigenvalue weighted by Gasteiger charge is 2.26. The maximum Gasteiger partial charge on any atom is 0.410 e. The summed E-state index contributed by atoms with van der Waals surface area (Å²) in [6, 6.07) is 0.355. The molecule has 1 fully saturated rings. The fraction of sp³-hybridized carbons (Fsp3) is 0.722. The van der Waals surface area contributed by atoms with Gasteiger partial charge in [-0.05, 0) is 59.3 Å². The van der Waals surface area contributed by atoms with E-state index in [2.05, 4.69) is 15.3 Å². The monoisotopic (exact) mass is 332 g/mol. The van der Waals surface area contributed by atoms with Crippen LogP contribution in [0.2, 0.25) is 0 Å². The number of rotatable bonds is 3. The first-order valence-electron chi connectivity index (χ1n) is 9.11. The van der Waals surface area contributed by atoms with Crippen LogP contribution in [-0.2, 0) is 17.6 Å². The van der Waals surface area contributed by atoms with Crippen molar-refractivity contribution in [2.45, 2.75) is 71.4 Å². The summed E-state index contributed by atoms with van der Waals surface area (Å²) >= 11 is 0. The van der Waals surface area contributed by atoms with Gasteiger partial charge in [0.15, 0.2) is 0 Å². The van der Waals surface area contributed by atoms with E-state index < -0.39 is 0 Å². The van der Waals surface area contributed by atoms with E-state index >= 15 is 0 Å². The molecule has 6 nitrogen and oxygen atoms in total. The van der Waals surface area contributed by atoms with Crippen molar-refractivity contribution in [3.05, 3.63) is 17.1 Å². The van der Waals surface area contributed by atoms with Gasteiger partial charge in [-0.3, -0.25) is 0 Å². The number of hydrogen-bond donors (Lipinski definition) is 1. The molecule has 0 aromatic carbocycles. The molecule has 1 N–H and O–H groups in total. The third kappa shape index (κ3) is 3.97. The first kappa shape index (κ1) is 17.0. The lowest BCUT2D eigenvalue weighted by atomic mass is 9.95. The summed E-state index contributed by atoms with van der Waals surface area (Å²) in [5.74, 6) is 1.86. The molecule has 1 aromatic rings. The van der Waals surface area contributed by atoms with Gasteiger partial charge in [0, 0.05) is 30.4 Å². The summed E-state index contributed by atoms with van der Waals surface area (Å²) in [5.41, 5.74) is 2.52. The highest BCUT2D eigenvalue weighted by Crippen LogP contribution is 2.27. The second-order valence-electron chi connectivity index (χ2n) is 7.09. The molecule has 1 saturated heterocycles. The molecule has 1 aromatic heterocycles. The van der Waals surface area contributed by atoms with Gasteiger partial charge < -0.3 is 15.0 Å². The fourth-order valence-corrected chi connectivity index (χ4v) is 3.51. The van der Waals surface area contributed by atoms with Crippen LogP contribution in [0, 0.1) is 6.92 Å². The van der Waals surface area contributed by atoms with Gasteiger partial charge in [0.05, 0.1) is 6.10 Å². The largest absolute Gasteiger partial charge is 0.447 e. The van der Waals surface area contributed by atoms with E-state index in [1.807, 2.05) is 20.8 Å². The van der Waals surface area contributed by atoms with Gasteiger partial charge in [-0.15, -0.1) is 0 Å². The van der Waals surface area contributed by atoms with Crippen LogP contribution in [0.4, 0.5) is 10.6 Å². The number of nitrogens with zero attached hydrogens (tertiary/aromatic N) is 3. The zero-order valence-electron chi connectivity index (χ0n) is 15.0. The number of piperidine rings is 1. The molecule has 0 spiro atoms. The summed E-state index contributed by atoms with van der Waals surface area (Å²) in [5, 5.41) is 3.62. The molecular weight excluding hydrogens is 304 g/mol. The second kappa shape index (κ2) is 7.36. The maximum absolute atomic E-state index is 12.0. The summed E-state index contributed by atoms with van der Waals surface area (Å²) in [6.45, 7) is 7.19. The number of ether oxygens (including phenoxy) is 1. The molecule has 0 unspecified atom stereocenters. The van der Waals surface area contributed by atoms with E-state index in [1.54, 1.807) is 4.90 Å². The minimum Gasteiger partial charge on any atom is -0.447 e. The number of carbonyl (C=O) groups excluding carboxylic acids is 1. The van der Waals surface area contributed by atoms with Crippen molar-refractivity contribution in [1.82, 2.24) is 14.9 Å². The van der Waals surface area contributed by atoms with E-state index in [9.17, 15) is 4.79 Å². The fourth-order valence-electron chi connectivity index (χ4n) is 3.51. The number of likely N-dealkylation sites (tertiary alicyclic amines) is 1. The molecule has 2 aliphatic rings. The number of aryl methyl sites for hydroxylation is 2. The Kier molecular flexibility index (Phi) is 5.21. The molecule has 132 valence electrons. The van der Waals surface area contributed by atoms with Crippen molar-refractivity contribution < 1.29 is 9.53 Å². The van der Waals surface area contributed by atoms with Crippen molar-refractivity contribution in [2.75, 3.05) is 18.4 Å². The lowest BCUT2D eigenvalue weighted by molar-refractivity contribution is 0.0701. The summed E-state index contributed by atoms with van der Waals surface area (Å²) in [6.07, 6.45) is 6.15. The lowest BCUT2D eigenvalue weighted by Crippen LogP contribution is -2.43. The maximum atomic E-state index is 12.0. The minimum atomic E-state index is -0.196. The Balaban J connectivity index is 1.61. The van der Waals surface area contributed by atoms with Gasteiger partial charge in [0.25, 0.3) is 0 Å². The Bertz CT molecular complexity index is 595. The molecule has 0 radical (unpaired) electrons. The van der Waals surface area contributed by atoms with E-state index in [1.165, 1.54) is 24.1 Å².